The van der Waals surface area contributed by atoms with Crippen LogP contribution in [0.5, 0.6) is 0 Å². The molecule has 1 aromatic heterocycles. The number of aldehydes is 1. The Bertz CT molecular complexity index is 336. The summed E-state index contributed by atoms with van der Waals surface area (Å²) in [6, 6.07) is 4.74. The van der Waals surface area contributed by atoms with Crippen LogP contribution in [0.2, 0.25) is 0 Å². The monoisotopic (exact) mass is 253 g/mol. The maximum atomic E-state index is 11.1. The number of likely N-dealkylation sites (N-methyl/N-ethyl adjacent to an activating group) is 1. The molecule has 1 rings (SSSR count). The Kier molecular flexibility index (Phi) is 5.34. The first-order valence-electron chi connectivity index (χ1n) is 6.19. The lowest BCUT2D eigenvalue weighted by atomic mass is 9.88. The van der Waals surface area contributed by atoms with Crippen LogP contribution in [0.15, 0.2) is 17.5 Å². The van der Waals surface area contributed by atoms with Gasteiger partial charge in [-0.15, -0.1) is 11.3 Å². The second-order valence-corrected chi connectivity index (χ2v) is 6.21. The number of thiophene rings is 1. The molecule has 0 N–H and O–H groups in total. The molecule has 96 valence electrons. The highest BCUT2D eigenvalue weighted by Crippen LogP contribution is 2.21. The van der Waals surface area contributed by atoms with E-state index in [4.69, 9.17) is 0 Å². The van der Waals surface area contributed by atoms with Crippen LogP contribution in [-0.4, -0.2) is 30.8 Å². The van der Waals surface area contributed by atoms with Crippen LogP contribution in [0.3, 0.4) is 0 Å². The third kappa shape index (κ3) is 4.25. The lowest BCUT2D eigenvalue weighted by Gasteiger charge is -2.32. The van der Waals surface area contributed by atoms with E-state index in [0.717, 1.165) is 25.7 Å². The topological polar surface area (TPSA) is 20.3 Å². The van der Waals surface area contributed by atoms with Gasteiger partial charge in [-0.05, 0) is 38.3 Å². The van der Waals surface area contributed by atoms with Gasteiger partial charge in [0.05, 0.1) is 0 Å². The summed E-state index contributed by atoms with van der Waals surface area (Å²) in [5, 5.41) is 2.11. The van der Waals surface area contributed by atoms with Crippen LogP contribution in [0.25, 0.3) is 0 Å². The van der Waals surface area contributed by atoms with E-state index >= 15 is 0 Å². The minimum Gasteiger partial charge on any atom is -0.303 e. The van der Waals surface area contributed by atoms with Crippen molar-refractivity contribution in [3.8, 4) is 0 Å². The first-order valence-corrected chi connectivity index (χ1v) is 7.07. The van der Waals surface area contributed by atoms with Gasteiger partial charge < -0.3 is 9.69 Å². The molecule has 0 aliphatic rings. The molecule has 0 bridgehead atoms. The Morgan fingerprint density at radius 1 is 1.59 bits per heavy atom. The largest absolute Gasteiger partial charge is 0.303 e. The first-order chi connectivity index (χ1) is 8.00. The normalized spacial score (nSPS) is 16.8. The lowest BCUT2D eigenvalue weighted by molar-refractivity contribution is -0.116. The standard InChI is InChI=1S/C14H23NOS/c1-5-14(3,11-16)10-15(4)12(2)9-13-7-6-8-17-13/h6-8,11-12H,5,9-10H2,1-4H3. The van der Waals surface area contributed by atoms with E-state index in [0.29, 0.717) is 6.04 Å². The van der Waals surface area contributed by atoms with E-state index in [1.165, 1.54) is 4.88 Å². The van der Waals surface area contributed by atoms with Crippen molar-refractivity contribution in [3.63, 3.8) is 0 Å². The summed E-state index contributed by atoms with van der Waals surface area (Å²) in [6.45, 7) is 7.17. The van der Waals surface area contributed by atoms with E-state index in [2.05, 4.69) is 43.3 Å². The molecule has 2 unspecified atom stereocenters. The Hall–Kier alpha value is -0.670. The molecule has 3 heteroatoms. The second-order valence-electron chi connectivity index (χ2n) is 5.17. The highest BCUT2D eigenvalue weighted by molar-refractivity contribution is 7.09. The van der Waals surface area contributed by atoms with Crippen molar-refractivity contribution in [2.75, 3.05) is 13.6 Å². The lowest BCUT2D eigenvalue weighted by Crippen LogP contribution is -2.40. The SMILES string of the molecule is CCC(C)(C=O)CN(C)C(C)Cc1cccs1. The molecule has 0 saturated carbocycles. The number of nitrogens with zero attached hydrogens (tertiary/aromatic N) is 1. The van der Waals surface area contributed by atoms with Gasteiger partial charge >= 0.3 is 0 Å². The highest BCUT2D eigenvalue weighted by atomic mass is 32.1. The smallest absolute Gasteiger partial charge is 0.127 e. The van der Waals surface area contributed by atoms with Gasteiger partial charge in [-0.3, -0.25) is 0 Å². The average Bonchev–Trinajstić information content (AvgIpc) is 2.81. The maximum Gasteiger partial charge on any atom is 0.127 e. The third-order valence-electron chi connectivity index (χ3n) is 3.53. The molecule has 0 amide bonds. The number of hydrogen-bond donors (Lipinski definition) is 0. The van der Waals surface area contributed by atoms with Gasteiger partial charge in [-0.1, -0.05) is 19.9 Å². The van der Waals surface area contributed by atoms with Crippen LogP contribution in [-0.2, 0) is 11.2 Å². The van der Waals surface area contributed by atoms with E-state index in [1.54, 1.807) is 11.3 Å². The van der Waals surface area contributed by atoms with Crippen molar-refractivity contribution in [2.24, 2.45) is 5.41 Å². The van der Waals surface area contributed by atoms with Crippen molar-refractivity contribution in [1.29, 1.82) is 0 Å². The summed E-state index contributed by atoms with van der Waals surface area (Å²) in [7, 11) is 2.11. The molecule has 2 nitrogen and oxygen atoms in total. The molecule has 2 atom stereocenters. The summed E-state index contributed by atoms with van der Waals surface area (Å²) >= 11 is 1.80. The summed E-state index contributed by atoms with van der Waals surface area (Å²) in [5.41, 5.74) is -0.210. The molecule has 0 radical (unpaired) electrons. The zero-order valence-electron chi connectivity index (χ0n) is 11.3. The molecule has 1 aromatic rings. The van der Waals surface area contributed by atoms with Crippen molar-refractivity contribution in [3.05, 3.63) is 22.4 Å². The van der Waals surface area contributed by atoms with Crippen LogP contribution >= 0.6 is 11.3 Å². The molecule has 0 aliphatic carbocycles. The van der Waals surface area contributed by atoms with Gasteiger partial charge in [0.25, 0.3) is 0 Å². The Morgan fingerprint density at radius 2 is 2.29 bits per heavy atom. The van der Waals surface area contributed by atoms with Crippen molar-refractivity contribution < 1.29 is 4.79 Å². The van der Waals surface area contributed by atoms with E-state index < -0.39 is 0 Å². The molecular weight excluding hydrogens is 230 g/mol. The van der Waals surface area contributed by atoms with Crippen LogP contribution in [0.1, 0.15) is 32.1 Å². The molecular formula is C14H23NOS. The van der Waals surface area contributed by atoms with Gasteiger partial charge in [0.1, 0.15) is 6.29 Å². The number of rotatable bonds is 7. The van der Waals surface area contributed by atoms with Gasteiger partial charge in [-0.25, -0.2) is 0 Å². The minimum atomic E-state index is -0.210. The summed E-state index contributed by atoms with van der Waals surface area (Å²) in [4.78, 5) is 14.8. The highest BCUT2D eigenvalue weighted by Gasteiger charge is 2.25. The van der Waals surface area contributed by atoms with Crippen molar-refractivity contribution >= 4 is 17.6 Å². The molecule has 0 saturated heterocycles. The molecule has 17 heavy (non-hydrogen) atoms. The quantitative estimate of drug-likeness (QED) is 0.695. The van der Waals surface area contributed by atoms with E-state index in [-0.39, 0.29) is 5.41 Å². The van der Waals surface area contributed by atoms with Gasteiger partial charge in [-0.2, -0.15) is 0 Å². The minimum absolute atomic E-state index is 0.210. The summed E-state index contributed by atoms with van der Waals surface area (Å²) in [6.07, 6.45) is 3.06. The molecule has 1 heterocycles. The zero-order chi connectivity index (χ0) is 12.9. The summed E-state index contributed by atoms with van der Waals surface area (Å²) in [5.74, 6) is 0. The van der Waals surface area contributed by atoms with Crippen LogP contribution < -0.4 is 0 Å². The molecule has 0 aromatic carbocycles. The van der Waals surface area contributed by atoms with E-state index in [9.17, 15) is 4.79 Å². The average molecular weight is 253 g/mol. The Morgan fingerprint density at radius 3 is 2.76 bits per heavy atom. The zero-order valence-corrected chi connectivity index (χ0v) is 12.1. The predicted octanol–water partition coefficient (Wildman–Crippen LogP) is 3.23. The fraction of sp³-hybridized carbons (Fsp3) is 0.643. The van der Waals surface area contributed by atoms with Crippen LogP contribution in [0.4, 0.5) is 0 Å². The van der Waals surface area contributed by atoms with Gasteiger partial charge in [0.2, 0.25) is 0 Å². The Balaban J connectivity index is 2.52. The fourth-order valence-electron chi connectivity index (χ4n) is 1.83. The fourth-order valence-corrected chi connectivity index (χ4v) is 2.66. The predicted molar refractivity (Wildman–Crippen MR) is 74.6 cm³/mol. The molecule has 0 aliphatic heterocycles. The van der Waals surface area contributed by atoms with Gasteiger partial charge in [0.15, 0.2) is 0 Å². The van der Waals surface area contributed by atoms with E-state index in [1.807, 2.05) is 6.92 Å². The second kappa shape index (κ2) is 6.31. The molecule has 0 spiro atoms. The third-order valence-corrected chi connectivity index (χ3v) is 4.43. The van der Waals surface area contributed by atoms with Crippen molar-refractivity contribution in [2.45, 2.75) is 39.7 Å². The van der Waals surface area contributed by atoms with Crippen LogP contribution in [0, 0.1) is 5.41 Å². The first kappa shape index (κ1) is 14.4. The number of hydrogen-bond acceptors (Lipinski definition) is 3. The van der Waals surface area contributed by atoms with Crippen molar-refractivity contribution in [1.82, 2.24) is 4.90 Å². The summed E-state index contributed by atoms with van der Waals surface area (Å²) < 4.78 is 0. The molecule has 0 fully saturated rings. The van der Waals surface area contributed by atoms with Gasteiger partial charge in [0, 0.05) is 22.9 Å². The maximum absolute atomic E-state index is 11.1. The number of carbonyl (C=O) groups excluding carboxylic acids is 1. The Labute approximate surface area is 109 Å². The number of carbonyl (C=O) groups is 1.